The Labute approximate surface area is 147 Å². The standard InChI is InChI=1S/C20H12FN5/c21-15-4-2-1-3-14(15)16-11-18(19-20(25-16)24-9-8-23-19)26-10-6-13-12-22-7-5-17(13)26/h1-12H. The largest absolute Gasteiger partial charge is 0.314 e. The van der Waals surface area contributed by atoms with Crippen LogP contribution in [0.1, 0.15) is 0 Å². The molecule has 6 heteroatoms. The molecule has 0 saturated heterocycles. The van der Waals surface area contributed by atoms with E-state index < -0.39 is 0 Å². The second-order valence-electron chi connectivity index (χ2n) is 5.86. The van der Waals surface area contributed by atoms with E-state index in [1.807, 2.05) is 29.0 Å². The fourth-order valence-corrected chi connectivity index (χ4v) is 3.12. The highest BCUT2D eigenvalue weighted by atomic mass is 19.1. The van der Waals surface area contributed by atoms with Crippen LogP contribution in [0.25, 0.3) is 39.0 Å². The minimum Gasteiger partial charge on any atom is -0.314 e. The Morgan fingerprint density at radius 1 is 0.923 bits per heavy atom. The van der Waals surface area contributed by atoms with Crippen molar-refractivity contribution in [3.05, 3.63) is 79.3 Å². The van der Waals surface area contributed by atoms with Gasteiger partial charge in [0.1, 0.15) is 11.3 Å². The van der Waals surface area contributed by atoms with E-state index in [0.29, 0.717) is 22.4 Å². The van der Waals surface area contributed by atoms with E-state index in [1.54, 1.807) is 43.0 Å². The zero-order chi connectivity index (χ0) is 17.5. The van der Waals surface area contributed by atoms with E-state index in [0.717, 1.165) is 16.6 Å². The van der Waals surface area contributed by atoms with Gasteiger partial charge in [0.2, 0.25) is 0 Å². The average molecular weight is 341 g/mol. The van der Waals surface area contributed by atoms with Gasteiger partial charge in [-0.05, 0) is 30.3 Å². The maximum atomic E-state index is 14.3. The van der Waals surface area contributed by atoms with E-state index in [1.165, 1.54) is 6.07 Å². The summed E-state index contributed by atoms with van der Waals surface area (Å²) >= 11 is 0. The molecule has 124 valence electrons. The van der Waals surface area contributed by atoms with Gasteiger partial charge in [-0.2, -0.15) is 0 Å². The molecule has 0 unspecified atom stereocenters. The highest BCUT2D eigenvalue weighted by Crippen LogP contribution is 2.29. The lowest BCUT2D eigenvalue weighted by molar-refractivity contribution is 0.631. The summed E-state index contributed by atoms with van der Waals surface area (Å²) < 4.78 is 16.3. The van der Waals surface area contributed by atoms with Crippen LogP contribution in [0, 0.1) is 5.82 Å². The van der Waals surface area contributed by atoms with Gasteiger partial charge in [0.15, 0.2) is 5.65 Å². The number of halogens is 1. The number of rotatable bonds is 2. The van der Waals surface area contributed by atoms with E-state index in [4.69, 9.17) is 0 Å². The molecule has 0 spiro atoms. The van der Waals surface area contributed by atoms with Crippen LogP contribution in [-0.2, 0) is 0 Å². The zero-order valence-electron chi connectivity index (χ0n) is 13.5. The first-order valence-corrected chi connectivity index (χ1v) is 8.09. The number of hydrogen-bond acceptors (Lipinski definition) is 4. The van der Waals surface area contributed by atoms with E-state index >= 15 is 0 Å². The number of benzene rings is 1. The number of fused-ring (bicyclic) bond motifs is 2. The molecule has 0 aliphatic rings. The third-order valence-corrected chi connectivity index (χ3v) is 4.32. The van der Waals surface area contributed by atoms with Gasteiger partial charge >= 0.3 is 0 Å². The quantitative estimate of drug-likeness (QED) is 0.483. The van der Waals surface area contributed by atoms with E-state index in [-0.39, 0.29) is 5.82 Å². The Kier molecular flexibility index (Phi) is 3.21. The van der Waals surface area contributed by atoms with Crippen molar-refractivity contribution in [3.8, 4) is 16.9 Å². The Bertz CT molecular complexity index is 1260. The SMILES string of the molecule is Fc1ccccc1-c1cc(-n2ccc3cnccc32)c2nccnc2n1. The van der Waals surface area contributed by atoms with Gasteiger partial charge in [0.05, 0.1) is 16.9 Å². The van der Waals surface area contributed by atoms with Crippen LogP contribution in [-0.4, -0.2) is 24.5 Å². The number of hydrogen-bond donors (Lipinski definition) is 0. The van der Waals surface area contributed by atoms with Crippen molar-refractivity contribution in [2.24, 2.45) is 0 Å². The van der Waals surface area contributed by atoms with Crippen LogP contribution in [0.2, 0.25) is 0 Å². The van der Waals surface area contributed by atoms with Gasteiger partial charge in [-0.15, -0.1) is 0 Å². The topological polar surface area (TPSA) is 56.5 Å². The van der Waals surface area contributed by atoms with Gasteiger partial charge in [-0.25, -0.2) is 19.3 Å². The molecule has 1 aromatic carbocycles. The minimum atomic E-state index is -0.323. The summed E-state index contributed by atoms with van der Waals surface area (Å²) in [5, 5.41) is 1.01. The molecule has 5 aromatic rings. The van der Waals surface area contributed by atoms with Crippen LogP contribution >= 0.6 is 0 Å². The third-order valence-electron chi connectivity index (χ3n) is 4.32. The van der Waals surface area contributed by atoms with Crippen LogP contribution in [0.4, 0.5) is 4.39 Å². The molecule has 0 aliphatic carbocycles. The first kappa shape index (κ1) is 14.7. The molecule has 26 heavy (non-hydrogen) atoms. The molecule has 4 aromatic heterocycles. The van der Waals surface area contributed by atoms with Crippen molar-refractivity contribution in [2.45, 2.75) is 0 Å². The van der Waals surface area contributed by atoms with Crippen LogP contribution in [0.15, 0.2) is 73.4 Å². The van der Waals surface area contributed by atoms with Gasteiger partial charge in [-0.1, -0.05) is 12.1 Å². The molecule has 0 fully saturated rings. The average Bonchev–Trinajstić information content (AvgIpc) is 3.11. The summed E-state index contributed by atoms with van der Waals surface area (Å²) in [6, 6.07) is 12.3. The molecule has 0 N–H and O–H groups in total. The van der Waals surface area contributed by atoms with Crippen molar-refractivity contribution in [1.82, 2.24) is 24.5 Å². The number of aromatic nitrogens is 5. The summed E-state index contributed by atoms with van der Waals surface area (Å²) in [5.74, 6) is -0.323. The Hall–Kier alpha value is -3.67. The molecular formula is C20H12FN5. The molecular weight excluding hydrogens is 329 g/mol. The van der Waals surface area contributed by atoms with E-state index in [9.17, 15) is 4.39 Å². The fraction of sp³-hybridized carbons (Fsp3) is 0. The third kappa shape index (κ3) is 2.23. The van der Waals surface area contributed by atoms with Crippen LogP contribution < -0.4 is 0 Å². The van der Waals surface area contributed by atoms with Crippen molar-refractivity contribution < 1.29 is 4.39 Å². The van der Waals surface area contributed by atoms with Gasteiger partial charge in [0, 0.05) is 41.9 Å². The van der Waals surface area contributed by atoms with Gasteiger partial charge in [0.25, 0.3) is 0 Å². The predicted octanol–water partition coefficient (Wildman–Crippen LogP) is 4.17. The maximum absolute atomic E-state index is 14.3. The predicted molar refractivity (Wildman–Crippen MR) is 97.4 cm³/mol. The molecule has 0 radical (unpaired) electrons. The lowest BCUT2D eigenvalue weighted by atomic mass is 10.1. The summed E-state index contributed by atoms with van der Waals surface area (Å²) in [7, 11) is 0. The molecule has 5 rings (SSSR count). The van der Waals surface area contributed by atoms with Crippen molar-refractivity contribution in [1.29, 1.82) is 0 Å². The lowest BCUT2D eigenvalue weighted by Crippen LogP contribution is -2.00. The molecule has 4 heterocycles. The Morgan fingerprint density at radius 2 is 1.81 bits per heavy atom. The lowest BCUT2D eigenvalue weighted by Gasteiger charge is -2.11. The first-order chi connectivity index (χ1) is 12.8. The second kappa shape index (κ2) is 5.70. The number of nitrogens with zero attached hydrogens (tertiary/aromatic N) is 5. The zero-order valence-corrected chi connectivity index (χ0v) is 13.5. The fourth-order valence-electron chi connectivity index (χ4n) is 3.12. The Morgan fingerprint density at radius 3 is 2.73 bits per heavy atom. The molecule has 0 atom stereocenters. The molecule has 0 amide bonds. The van der Waals surface area contributed by atoms with E-state index in [2.05, 4.69) is 19.9 Å². The summed E-state index contributed by atoms with van der Waals surface area (Å²) in [5.41, 5.74) is 3.85. The summed E-state index contributed by atoms with van der Waals surface area (Å²) in [6.07, 6.45) is 8.71. The molecule has 0 saturated carbocycles. The second-order valence-corrected chi connectivity index (χ2v) is 5.86. The molecule has 0 aliphatic heterocycles. The molecule has 0 bridgehead atoms. The van der Waals surface area contributed by atoms with Gasteiger partial charge in [-0.3, -0.25) is 4.98 Å². The summed E-state index contributed by atoms with van der Waals surface area (Å²) in [4.78, 5) is 17.4. The molecule has 5 nitrogen and oxygen atoms in total. The Balaban J connectivity index is 1.86. The smallest absolute Gasteiger partial charge is 0.180 e. The van der Waals surface area contributed by atoms with Crippen molar-refractivity contribution >= 4 is 22.1 Å². The summed E-state index contributed by atoms with van der Waals surface area (Å²) in [6.45, 7) is 0. The van der Waals surface area contributed by atoms with Crippen LogP contribution in [0.5, 0.6) is 0 Å². The maximum Gasteiger partial charge on any atom is 0.180 e. The minimum absolute atomic E-state index is 0.323. The monoisotopic (exact) mass is 341 g/mol. The van der Waals surface area contributed by atoms with Crippen LogP contribution in [0.3, 0.4) is 0 Å². The van der Waals surface area contributed by atoms with Crippen molar-refractivity contribution in [2.75, 3.05) is 0 Å². The number of pyridine rings is 2. The highest BCUT2D eigenvalue weighted by molar-refractivity contribution is 5.88. The first-order valence-electron chi connectivity index (χ1n) is 8.09. The highest BCUT2D eigenvalue weighted by Gasteiger charge is 2.14. The van der Waals surface area contributed by atoms with Crippen molar-refractivity contribution in [3.63, 3.8) is 0 Å². The normalized spacial score (nSPS) is 11.3. The van der Waals surface area contributed by atoms with Gasteiger partial charge < -0.3 is 4.57 Å².